The monoisotopic (exact) mass is 226 g/mol. The van der Waals surface area contributed by atoms with Crippen LogP contribution >= 0.6 is 0 Å². The Morgan fingerprint density at radius 3 is 2.31 bits per heavy atom. The molecule has 0 radical (unpaired) electrons. The number of carbonyl (C=O) groups is 2. The van der Waals surface area contributed by atoms with Crippen LogP contribution in [0.25, 0.3) is 0 Å². The number of carbonyl (C=O) groups excluding carboxylic acids is 1. The van der Waals surface area contributed by atoms with Crippen LogP contribution in [0.4, 0.5) is 0 Å². The summed E-state index contributed by atoms with van der Waals surface area (Å²) >= 11 is 0. The molecule has 2 N–H and O–H groups in total. The van der Waals surface area contributed by atoms with Crippen molar-refractivity contribution in [2.24, 2.45) is 11.8 Å². The minimum atomic E-state index is -1.10. The molecule has 90 valence electrons. The van der Waals surface area contributed by atoms with Crippen molar-refractivity contribution in [1.29, 1.82) is 5.26 Å². The number of carboxylic acids is 1. The lowest BCUT2D eigenvalue weighted by Crippen LogP contribution is -2.45. The molecule has 0 aliphatic carbocycles. The minimum absolute atomic E-state index is 0.110. The van der Waals surface area contributed by atoms with Crippen molar-refractivity contribution < 1.29 is 14.7 Å². The van der Waals surface area contributed by atoms with Crippen LogP contribution < -0.4 is 5.32 Å². The fraction of sp³-hybridized carbons (Fsp3) is 0.727. The lowest BCUT2D eigenvalue weighted by molar-refractivity contribution is -0.143. The van der Waals surface area contributed by atoms with Gasteiger partial charge in [-0.25, -0.2) is 4.79 Å². The maximum Gasteiger partial charge on any atom is 0.326 e. The van der Waals surface area contributed by atoms with Gasteiger partial charge in [0.05, 0.1) is 6.07 Å². The fourth-order valence-corrected chi connectivity index (χ4v) is 1.31. The standard InChI is InChI=1S/C11H18N2O3/c1-7(2)6-9(14)13-10(11(15)16)8(3)4-5-12/h7-8,10H,4,6H2,1-3H3,(H,13,14)(H,15,16)/t8-,10-/m0/s1. The molecule has 5 nitrogen and oxygen atoms in total. The molecule has 0 saturated carbocycles. The molecule has 2 atom stereocenters. The molecular weight excluding hydrogens is 208 g/mol. The Labute approximate surface area is 95.4 Å². The molecule has 5 heteroatoms. The zero-order chi connectivity index (χ0) is 12.7. The van der Waals surface area contributed by atoms with Crippen LogP contribution in [-0.4, -0.2) is 23.0 Å². The van der Waals surface area contributed by atoms with Crippen molar-refractivity contribution in [3.05, 3.63) is 0 Å². The van der Waals surface area contributed by atoms with Crippen molar-refractivity contribution >= 4 is 11.9 Å². The van der Waals surface area contributed by atoms with Gasteiger partial charge in [-0.15, -0.1) is 0 Å². The number of nitrogens with zero attached hydrogens (tertiary/aromatic N) is 1. The molecule has 1 amide bonds. The van der Waals surface area contributed by atoms with Gasteiger partial charge < -0.3 is 10.4 Å². The average molecular weight is 226 g/mol. The highest BCUT2D eigenvalue weighted by molar-refractivity contribution is 5.83. The molecule has 0 saturated heterocycles. The molecular formula is C11H18N2O3. The molecule has 0 aromatic rings. The van der Waals surface area contributed by atoms with E-state index >= 15 is 0 Å². The normalized spacial score (nSPS) is 13.9. The first kappa shape index (κ1) is 14.4. The molecule has 0 aliphatic rings. The number of nitriles is 1. The molecule has 0 aliphatic heterocycles. The Morgan fingerprint density at radius 1 is 1.38 bits per heavy atom. The third kappa shape index (κ3) is 5.35. The fourth-order valence-electron chi connectivity index (χ4n) is 1.31. The highest BCUT2D eigenvalue weighted by Gasteiger charge is 2.26. The van der Waals surface area contributed by atoms with Gasteiger partial charge in [-0.2, -0.15) is 5.26 Å². The van der Waals surface area contributed by atoms with Gasteiger partial charge >= 0.3 is 5.97 Å². The second-order valence-electron chi connectivity index (χ2n) is 4.32. The zero-order valence-electron chi connectivity index (χ0n) is 9.86. The third-order valence-electron chi connectivity index (χ3n) is 2.16. The highest BCUT2D eigenvalue weighted by Crippen LogP contribution is 2.09. The summed E-state index contributed by atoms with van der Waals surface area (Å²) in [6.45, 7) is 5.40. The van der Waals surface area contributed by atoms with E-state index in [0.29, 0.717) is 6.42 Å². The van der Waals surface area contributed by atoms with E-state index in [2.05, 4.69) is 5.32 Å². The Morgan fingerprint density at radius 2 is 1.94 bits per heavy atom. The number of rotatable bonds is 6. The number of aliphatic carboxylic acids is 1. The number of carboxylic acid groups (broad SMARTS) is 1. The summed E-state index contributed by atoms with van der Waals surface area (Å²) in [4.78, 5) is 22.3. The molecule has 0 unspecified atom stereocenters. The topological polar surface area (TPSA) is 90.2 Å². The van der Waals surface area contributed by atoms with Crippen LogP contribution in [-0.2, 0) is 9.59 Å². The van der Waals surface area contributed by atoms with E-state index in [0.717, 1.165) is 0 Å². The predicted molar refractivity (Wildman–Crippen MR) is 58.4 cm³/mol. The van der Waals surface area contributed by atoms with Crippen molar-refractivity contribution in [1.82, 2.24) is 5.32 Å². The summed E-state index contributed by atoms with van der Waals surface area (Å²) < 4.78 is 0. The van der Waals surface area contributed by atoms with E-state index in [1.54, 1.807) is 6.92 Å². The Balaban J connectivity index is 4.40. The maximum atomic E-state index is 11.4. The summed E-state index contributed by atoms with van der Waals surface area (Å²) in [5.41, 5.74) is 0. The van der Waals surface area contributed by atoms with E-state index in [9.17, 15) is 9.59 Å². The largest absolute Gasteiger partial charge is 0.480 e. The minimum Gasteiger partial charge on any atom is -0.480 e. The first-order valence-corrected chi connectivity index (χ1v) is 5.27. The van der Waals surface area contributed by atoms with E-state index in [-0.39, 0.29) is 18.2 Å². The Bertz CT molecular complexity index is 294. The number of amides is 1. The van der Waals surface area contributed by atoms with Gasteiger partial charge in [0.15, 0.2) is 0 Å². The summed E-state index contributed by atoms with van der Waals surface area (Å²) in [7, 11) is 0. The van der Waals surface area contributed by atoms with Gasteiger partial charge in [0, 0.05) is 18.8 Å². The Kier molecular flexibility index (Phi) is 6.16. The Hall–Kier alpha value is -1.57. The van der Waals surface area contributed by atoms with Crippen molar-refractivity contribution in [3.8, 4) is 6.07 Å². The average Bonchev–Trinajstić information content (AvgIpc) is 2.12. The lowest BCUT2D eigenvalue weighted by atomic mass is 9.98. The van der Waals surface area contributed by atoms with Gasteiger partial charge in [0.25, 0.3) is 0 Å². The van der Waals surface area contributed by atoms with Gasteiger partial charge in [-0.3, -0.25) is 4.79 Å². The molecule has 0 spiro atoms. The maximum absolute atomic E-state index is 11.4. The van der Waals surface area contributed by atoms with Gasteiger partial charge in [0.1, 0.15) is 6.04 Å². The van der Waals surface area contributed by atoms with Gasteiger partial charge in [-0.05, 0) is 5.92 Å². The smallest absolute Gasteiger partial charge is 0.326 e. The first-order valence-electron chi connectivity index (χ1n) is 5.27. The molecule has 0 bridgehead atoms. The summed E-state index contributed by atoms with van der Waals surface area (Å²) in [5, 5.41) is 19.9. The second kappa shape index (κ2) is 6.83. The predicted octanol–water partition coefficient (Wildman–Crippen LogP) is 1.15. The van der Waals surface area contributed by atoms with Crippen LogP contribution in [0.15, 0.2) is 0 Å². The molecule has 0 rings (SSSR count). The molecule has 0 aromatic heterocycles. The van der Waals surface area contributed by atoms with Crippen LogP contribution in [0.3, 0.4) is 0 Å². The summed E-state index contributed by atoms with van der Waals surface area (Å²) in [5.74, 6) is -1.59. The number of nitrogens with one attached hydrogen (secondary N) is 1. The van der Waals surface area contributed by atoms with Gasteiger partial charge in [0.2, 0.25) is 5.91 Å². The molecule has 0 aromatic carbocycles. The van der Waals surface area contributed by atoms with Crippen LogP contribution in [0, 0.1) is 23.2 Å². The molecule has 0 heterocycles. The molecule has 16 heavy (non-hydrogen) atoms. The zero-order valence-corrected chi connectivity index (χ0v) is 9.86. The van der Waals surface area contributed by atoms with E-state index < -0.39 is 17.9 Å². The first-order chi connectivity index (χ1) is 7.38. The van der Waals surface area contributed by atoms with E-state index in [1.165, 1.54) is 0 Å². The second-order valence-corrected chi connectivity index (χ2v) is 4.32. The van der Waals surface area contributed by atoms with E-state index in [4.69, 9.17) is 10.4 Å². The third-order valence-corrected chi connectivity index (χ3v) is 2.16. The van der Waals surface area contributed by atoms with Crippen LogP contribution in [0.5, 0.6) is 0 Å². The molecule has 0 fully saturated rings. The van der Waals surface area contributed by atoms with Crippen molar-refractivity contribution in [2.45, 2.75) is 39.7 Å². The number of hydrogen-bond acceptors (Lipinski definition) is 3. The summed E-state index contributed by atoms with van der Waals surface area (Å²) in [6, 6.07) is 0.922. The summed E-state index contributed by atoms with van der Waals surface area (Å²) in [6.07, 6.45) is 0.405. The van der Waals surface area contributed by atoms with Crippen LogP contribution in [0.2, 0.25) is 0 Å². The van der Waals surface area contributed by atoms with Crippen molar-refractivity contribution in [3.63, 3.8) is 0 Å². The SMILES string of the molecule is CC(C)CC(=O)N[C@H](C(=O)O)[C@@H](C)CC#N. The van der Waals surface area contributed by atoms with E-state index in [1.807, 2.05) is 19.9 Å². The lowest BCUT2D eigenvalue weighted by Gasteiger charge is -2.19. The highest BCUT2D eigenvalue weighted by atomic mass is 16.4. The van der Waals surface area contributed by atoms with Crippen LogP contribution in [0.1, 0.15) is 33.6 Å². The number of hydrogen-bond donors (Lipinski definition) is 2. The quantitative estimate of drug-likeness (QED) is 0.710. The van der Waals surface area contributed by atoms with Crippen molar-refractivity contribution in [2.75, 3.05) is 0 Å². The van der Waals surface area contributed by atoms with Gasteiger partial charge in [-0.1, -0.05) is 20.8 Å².